The van der Waals surface area contributed by atoms with Crippen LogP contribution in [-0.2, 0) is 16.1 Å². The molecule has 1 aliphatic rings. The van der Waals surface area contributed by atoms with E-state index in [0.717, 1.165) is 50.3 Å². The number of rotatable bonds is 7. The minimum absolute atomic E-state index is 0.0446. The highest BCUT2D eigenvalue weighted by molar-refractivity contribution is 5.90. The maximum Gasteiger partial charge on any atom is 0.224 e. The number of carbonyl (C=O) groups excluding carboxylic acids is 1. The van der Waals surface area contributed by atoms with Gasteiger partial charge in [-0.2, -0.15) is 0 Å². The molecule has 1 fully saturated rings. The van der Waals surface area contributed by atoms with Crippen LogP contribution in [0.2, 0.25) is 0 Å². The third-order valence-corrected chi connectivity index (χ3v) is 4.48. The number of aliphatic hydroxyl groups excluding tert-OH is 1. The van der Waals surface area contributed by atoms with Gasteiger partial charge in [0.05, 0.1) is 18.5 Å². The van der Waals surface area contributed by atoms with Crippen LogP contribution in [0.3, 0.4) is 0 Å². The Morgan fingerprint density at radius 1 is 1.28 bits per heavy atom. The van der Waals surface area contributed by atoms with E-state index in [2.05, 4.69) is 15.6 Å². The lowest BCUT2D eigenvalue weighted by Crippen LogP contribution is -2.17. The standard InChI is InChI=1S/C18H24N4O3/c23-13-16-12-22(21-20-16)17-6-4-15(5-7-17)19-18(24)3-1-2-14-8-10-25-11-9-14/h4-7,12,14,23H,1-3,8-11,13H2,(H,19,24). The predicted molar refractivity (Wildman–Crippen MR) is 93.3 cm³/mol. The monoisotopic (exact) mass is 344 g/mol. The molecule has 7 nitrogen and oxygen atoms in total. The van der Waals surface area contributed by atoms with Gasteiger partial charge in [-0.25, -0.2) is 4.68 Å². The average Bonchev–Trinajstić information content (AvgIpc) is 3.12. The van der Waals surface area contributed by atoms with Gasteiger partial charge in [-0.05, 0) is 55.9 Å². The first-order chi connectivity index (χ1) is 12.2. The Kier molecular flexibility index (Phi) is 6.14. The van der Waals surface area contributed by atoms with Crippen LogP contribution in [0, 0.1) is 5.92 Å². The van der Waals surface area contributed by atoms with Crippen molar-refractivity contribution in [3.63, 3.8) is 0 Å². The van der Waals surface area contributed by atoms with E-state index < -0.39 is 0 Å². The number of hydrogen-bond acceptors (Lipinski definition) is 5. The summed E-state index contributed by atoms with van der Waals surface area (Å²) in [5.41, 5.74) is 2.11. The normalized spacial score (nSPS) is 15.2. The predicted octanol–water partition coefficient (Wildman–Crippen LogP) is 2.29. The third kappa shape index (κ3) is 5.11. The first-order valence-corrected chi connectivity index (χ1v) is 8.75. The van der Waals surface area contributed by atoms with Gasteiger partial charge in [0.15, 0.2) is 0 Å². The van der Waals surface area contributed by atoms with Crippen molar-refractivity contribution in [1.82, 2.24) is 15.0 Å². The van der Waals surface area contributed by atoms with Crippen LogP contribution < -0.4 is 5.32 Å². The average molecular weight is 344 g/mol. The number of hydrogen-bond donors (Lipinski definition) is 2. The molecule has 1 aliphatic heterocycles. The molecule has 0 radical (unpaired) electrons. The maximum atomic E-state index is 12.1. The lowest BCUT2D eigenvalue weighted by atomic mass is 9.94. The van der Waals surface area contributed by atoms with Crippen molar-refractivity contribution in [3.8, 4) is 5.69 Å². The van der Waals surface area contributed by atoms with E-state index in [1.165, 1.54) is 0 Å². The lowest BCUT2D eigenvalue weighted by molar-refractivity contribution is -0.116. The largest absolute Gasteiger partial charge is 0.390 e. The molecule has 0 bridgehead atoms. The molecule has 0 atom stereocenters. The molecule has 134 valence electrons. The van der Waals surface area contributed by atoms with Crippen LogP contribution >= 0.6 is 0 Å². The maximum absolute atomic E-state index is 12.1. The van der Waals surface area contributed by atoms with Crippen LogP contribution in [0.5, 0.6) is 0 Å². The van der Waals surface area contributed by atoms with Gasteiger partial charge in [-0.15, -0.1) is 5.10 Å². The molecule has 1 saturated heterocycles. The van der Waals surface area contributed by atoms with Crippen molar-refractivity contribution in [1.29, 1.82) is 0 Å². The van der Waals surface area contributed by atoms with Crippen LogP contribution in [0.15, 0.2) is 30.5 Å². The van der Waals surface area contributed by atoms with Crippen molar-refractivity contribution in [2.75, 3.05) is 18.5 Å². The number of benzene rings is 1. The summed E-state index contributed by atoms with van der Waals surface area (Å²) in [6.07, 6.45) is 6.45. The molecule has 1 amide bonds. The Bertz CT molecular complexity index is 678. The molecular weight excluding hydrogens is 320 g/mol. The molecule has 0 unspecified atom stereocenters. The van der Waals surface area contributed by atoms with E-state index in [1.54, 1.807) is 10.9 Å². The summed E-state index contributed by atoms with van der Waals surface area (Å²) in [5.74, 6) is 0.746. The molecule has 7 heteroatoms. The van der Waals surface area contributed by atoms with Crippen molar-refractivity contribution in [2.45, 2.75) is 38.7 Å². The van der Waals surface area contributed by atoms with E-state index in [0.29, 0.717) is 18.0 Å². The second kappa shape index (κ2) is 8.73. The van der Waals surface area contributed by atoms with Gasteiger partial charge < -0.3 is 15.2 Å². The minimum Gasteiger partial charge on any atom is -0.390 e. The minimum atomic E-state index is -0.137. The second-order valence-corrected chi connectivity index (χ2v) is 6.36. The number of carbonyl (C=O) groups is 1. The van der Waals surface area contributed by atoms with E-state index >= 15 is 0 Å². The van der Waals surface area contributed by atoms with Gasteiger partial charge in [-0.3, -0.25) is 4.79 Å². The number of amides is 1. The Labute approximate surface area is 147 Å². The summed E-state index contributed by atoms with van der Waals surface area (Å²) in [6.45, 7) is 1.57. The van der Waals surface area contributed by atoms with Crippen LogP contribution in [0.4, 0.5) is 5.69 Å². The van der Waals surface area contributed by atoms with Gasteiger partial charge in [0.25, 0.3) is 0 Å². The van der Waals surface area contributed by atoms with Crippen molar-refractivity contribution in [2.24, 2.45) is 5.92 Å². The Balaban J connectivity index is 1.45. The van der Waals surface area contributed by atoms with E-state index in [1.807, 2.05) is 24.3 Å². The summed E-state index contributed by atoms with van der Waals surface area (Å²) >= 11 is 0. The van der Waals surface area contributed by atoms with Crippen molar-refractivity contribution in [3.05, 3.63) is 36.2 Å². The van der Waals surface area contributed by atoms with Crippen molar-refractivity contribution >= 4 is 11.6 Å². The molecule has 2 aromatic rings. The zero-order chi connectivity index (χ0) is 17.5. The van der Waals surface area contributed by atoms with E-state index in [9.17, 15) is 4.79 Å². The number of nitrogens with one attached hydrogen (secondary N) is 1. The molecule has 1 aromatic carbocycles. The highest BCUT2D eigenvalue weighted by Crippen LogP contribution is 2.21. The van der Waals surface area contributed by atoms with Crippen LogP contribution in [-0.4, -0.2) is 39.2 Å². The van der Waals surface area contributed by atoms with Gasteiger partial charge >= 0.3 is 0 Å². The number of anilines is 1. The summed E-state index contributed by atoms with van der Waals surface area (Å²) in [4.78, 5) is 12.1. The molecule has 1 aromatic heterocycles. The van der Waals surface area contributed by atoms with Crippen LogP contribution in [0.25, 0.3) is 5.69 Å². The Morgan fingerprint density at radius 2 is 2.04 bits per heavy atom. The van der Waals surface area contributed by atoms with E-state index in [-0.39, 0.29) is 12.5 Å². The zero-order valence-electron chi connectivity index (χ0n) is 14.2. The smallest absolute Gasteiger partial charge is 0.224 e. The fourth-order valence-corrected chi connectivity index (χ4v) is 3.00. The molecule has 0 saturated carbocycles. The fraction of sp³-hybridized carbons (Fsp3) is 0.500. The molecule has 2 N–H and O–H groups in total. The lowest BCUT2D eigenvalue weighted by Gasteiger charge is -2.21. The first kappa shape index (κ1) is 17.6. The SMILES string of the molecule is O=C(CCCC1CCOCC1)Nc1ccc(-n2cc(CO)nn2)cc1. The number of nitrogens with zero attached hydrogens (tertiary/aromatic N) is 3. The van der Waals surface area contributed by atoms with Gasteiger partial charge in [-0.1, -0.05) is 5.21 Å². The van der Waals surface area contributed by atoms with E-state index in [4.69, 9.17) is 9.84 Å². The third-order valence-electron chi connectivity index (χ3n) is 4.48. The number of ether oxygens (including phenoxy) is 1. The number of aromatic nitrogens is 3. The summed E-state index contributed by atoms with van der Waals surface area (Å²) in [6, 6.07) is 7.39. The quantitative estimate of drug-likeness (QED) is 0.804. The van der Waals surface area contributed by atoms with Gasteiger partial charge in [0.1, 0.15) is 5.69 Å². The molecule has 0 aliphatic carbocycles. The molecule has 0 spiro atoms. The van der Waals surface area contributed by atoms with Gasteiger partial charge in [0.2, 0.25) is 5.91 Å². The van der Waals surface area contributed by atoms with Crippen LogP contribution in [0.1, 0.15) is 37.8 Å². The molecule has 2 heterocycles. The first-order valence-electron chi connectivity index (χ1n) is 8.75. The summed E-state index contributed by atoms with van der Waals surface area (Å²) < 4.78 is 6.94. The summed E-state index contributed by atoms with van der Waals surface area (Å²) in [5, 5.41) is 19.7. The molecule has 25 heavy (non-hydrogen) atoms. The zero-order valence-corrected chi connectivity index (χ0v) is 14.2. The second-order valence-electron chi connectivity index (χ2n) is 6.36. The Morgan fingerprint density at radius 3 is 2.72 bits per heavy atom. The Hall–Kier alpha value is -2.25. The molecule has 3 rings (SSSR count). The van der Waals surface area contributed by atoms with Gasteiger partial charge in [0, 0.05) is 25.3 Å². The number of aliphatic hydroxyl groups is 1. The summed E-state index contributed by atoms with van der Waals surface area (Å²) in [7, 11) is 0. The highest BCUT2D eigenvalue weighted by Gasteiger charge is 2.14. The highest BCUT2D eigenvalue weighted by atomic mass is 16.5. The van der Waals surface area contributed by atoms with Crippen molar-refractivity contribution < 1.29 is 14.6 Å². The topological polar surface area (TPSA) is 89.3 Å². The fourth-order valence-electron chi connectivity index (χ4n) is 3.00. The molecular formula is C18H24N4O3.